The van der Waals surface area contributed by atoms with Crippen molar-refractivity contribution in [3.8, 4) is 5.75 Å². The molecule has 1 aromatic carbocycles. The zero-order valence-electron chi connectivity index (χ0n) is 9.82. The SMILES string of the molecule is CCC(=Nc1ccc(OC)cc1)N(C)C. The standard InChI is InChI=1S/C12H18N2O/c1-5-12(14(2)3)13-10-6-8-11(15-4)9-7-10/h6-9H,5H2,1-4H3. The number of ether oxygens (including phenoxy) is 1. The van der Waals surface area contributed by atoms with E-state index in [0.717, 1.165) is 23.7 Å². The molecule has 0 saturated carbocycles. The molecule has 0 unspecified atom stereocenters. The van der Waals surface area contributed by atoms with Crippen molar-refractivity contribution in [2.75, 3.05) is 21.2 Å². The Balaban J connectivity index is 2.87. The van der Waals surface area contributed by atoms with Gasteiger partial charge in [-0.05, 0) is 24.3 Å². The van der Waals surface area contributed by atoms with Gasteiger partial charge in [-0.2, -0.15) is 0 Å². The van der Waals surface area contributed by atoms with E-state index in [0.29, 0.717) is 0 Å². The number of methoxy groups -OCH3 is 1. The molecule has 1 rings (SSSR count). The number of nitrogens with zero attached hydrogens (tertiary/aromatic N) is 2. The minimum atomic E-state index is 0.858. The Morgan fingerprint density at radius 3 is 2.27 bits per heavy atom. The molecule has 0 amide bonds. The van der Waals surface area contributed by atoms with Crippen LogP contribution in [0, 0.1) is 0 Å². The zero-order valence-corrected chi connectivity index (χ0v) is 9.82. The molecule has 3 nitrogen and oxygen atoms in total. The van der Waals surface area contributed by atoms with Crippen LogP contribution in [0.2, 0.25) is 0 Å². The highest BCUT2D eigenvalue weighted by Crippen LogP contribution is 2.18. The normalized spacial score (nSPS) is 11.3. The predicted molar refractivity (Wildman–Crippen MR) is 64.1 cm³/mol. The van der Waals surface area contributed by atoms with Crippen LogP contribution < -0.4 is 4.74 Å². The first-order valence-electron chi connectivity index (χ1n) is 5.06. The topological polar surface area (TPSA) is 24.8 Å². The van der Waals surface area contributed by atoms with Gasteiger partial charge in [0.15, 0.2) is 0 Å². The molecule has 15 heavy (non-hydrogen) atoms. The second-order valence-electron chi connectivity index (χ2n) is 3.47. The van der Waals surface area contributed by atoms with Gasteiger partial charge < -0.3 is 9.64 Å². The molecule has 0 bridgehead atoms. The number of hydrogen-bond donors (Lipinski definition) is 0. The summed E-state index contributed by atoms with van der Waals surface area (Å²) in [4.78, 5) is 6.57. The summed E-state index contributed by atoms with van der Waals surface area (Å²) in [5.41, 5.74) is 0.960. The quantitative estimate of drug-likeness (QED) is 0.561. The van der Waals surface area contributed by atoms with Crippen molar-refractivity contribution in [1.82, 2.24) is 4.90 Å². The third-order valence-electron chi connectivity index (χ3n) is 2.16. The third-order valence-corrected chi connectivity index (χ3v) is 2.16. The summed E-state index contributed by atoms with van der Waals surface area (Å²) in [5.74, 6) is 1.93. The van der Waals surface area contributed by atoms with Gasteiger partial charge in [-0.25, -0.2) is 4.99 Å². The van der Waals surface area contributed by atoms with E-state index in [1.54, 1.807) is 7.11 Å². The maximum atomic E-state index is 5.09. The fourth-order valence-electron chi connectivity index (χ4n) is 1.30. The Kier molecular flexibility index (Phi) is 4.16. The summed E-state index contributed by atoms with van der Waals surface area (Å²) in [6, 6.07) is 7.75. The maximum absolute atomic E-state index is 5.09. The van der Waals surface area contributed by atoms with Crippen LogP contribution in [0.4, 0.5) is 5.69 Å². The number of aliphatic imine (C=N–C) groups is 1. The first kappa shape index (κ1) is 11.6. The van der Waals surface area contributed by atoms with E-state index < -0.39 is 0 Å². The lowest BCUT2D eigenvalue weighted by Gasteiger charge is -2.13. The summed E-state index contributed by atoms with van der Waals surface area (Å²) in [5, 5.41) is 0. The van der Waals surface area contributed by atoms with E-state index in [1.807, 2.05) is 43.3 Å². The number of hydrogen-bond acceptors (Lipinski definition) is 2. The summed E-state index contributed by atoms with van der Waals surface area (Å²) in [6.45, 7) is 2.10. The van der Waals surface area contributed by atoms with Crippen LogP contribution in [0.1, 0.15) is 13.3 Å². The Morgan fingerprint density at radius 1 is 1.27 bits per heavy atom. The second kappa shape index (κ2) is 5.39. The Morgan fingerprint density at radius 2 is 1.87 bits per heavy atom. The van der Waals surface area contributed by atoms with Crippen LogP contribution in [-0.4, -0.2) is 31.9 Å². The molecule has 0 aliphatic rings. The van der Waals surface area contributed by atoms with Gasteiger partial charge in [0.05, 0.1) is 12.8 Å². The highest BCUT2D eigenvalue weighted by molar-refractivity contribution is 5.84. The van der Waals surface area contributed by atoms with Crippen LogP contribution in [0.3, 0.4) is 0 Å². The van der Waals surface area contributed by atoms with Crippen molar-refractivity contribution in [2.24, 2.45) is 4.99 Å². The van der Waals surface area contributed by atoms with Crippen molar-refractivity contribution in [3.63, 3.8) is 0 Å². The van der Waals surface area contributed by atoms with E-state index >= 15 is 0 Å². The van der Waals surface area contributed by atoms with Crippen molar-refractivity contribution in [2.45, 2.75) is 13.3 Å². The first-order valence-corrected chi connectivity index (χ1v) is 5.06. The lowest BCUT2D eigenvalue weighted by Crippen LogP contribution is -2.20. The molecule has 0 saturated heterocycles. The predicted octanol–water partition coefficient (Wildman–Crippen LogP) is 2.70. The van der Waals surface area contributed by atoms with Gasteiger partial charge in [0.1, 0.15) is 11.6 Å². The van der Waals surface area contributed by atoms with Crippen molar-refractivity contribution < 1.29 is 4.74 Å². The summed E-state index contributed by atoms with van der Waals surface area (Å²) in [6.07, 6.45) is 0.930. The average Bonchev–Trinajstić information content (AvgIpc) is 2.26. The molecule has 0 N–H and O–H groups in total. The smallest absolute Gasteiger partial charge is 0.119 e. The third kappa shape index (κ3) is 3.27. The van der Waals surface area contributed by atoms with E-state index in [-0.39, 0.29) is 0 Å². The van der Waals surface area contributed by atoms with Crippen LogP contribution in [0.25, 0.3) is 0 Å². The van der Waals surface area contributed by atoms with Gasteiger partial charge >= 0.3 is 0 Å². The zero-order chi connectivity index (χ0) is 11.3. The van der Waals surface area contributed by atoms with Crippen LogP contribution in [0.5, 0.6) is 5.75 Å². The molecule has 0 aliphatic heterocycles. The average molecular weight is 206 g/mol. The number of rotatable bonds is 3. The molecule has 0 spiro atoms. The fraction of sp³-hybridized carbons (Fsp3) is 0.417. The van der Waals surface area contributed by atoms with Crippen LogP contribution >= 0.6 is 0 Å². The number of amidine groups is 1. The largest absolute Gasteiger partial charge is 0.497 e. The molecule has 0 aromatic heterocycles. The van der Waals surface area contributed by atoms with Crippen LogP contribution in [0.15, 0.2) is 29.3 Å². The molecule has 0 atom stereocenters. The minimum Gasteiger partial charge on any atom is -0.497 e. The van der Waals surface area contributed by atoms with Crippen molar-refractivity contribution in [3.05, 3.63) is 24.3 Å². The molecule has 1 aromatic rings. The fourth-order valence-corrected chi connectivity index (χ4v) is 1.30. The highest BCUT2D eigenvalue weighted by Gasteiger charge is 1.99. The minimum absolute atomic E-state index is 0.858. The monoisotopic (exact) mass is 206 g/mol. The molecule has 0 radical (unpaired) electrons. The molecule has 0 fully saturated rings. The molecule has 82 valence electrons. The van der Waals surface area contributed by atoms with Gasteiger partial charge in [0.2, 0.25) is 0 Å². The molecule has 3 heteroatoms. The van der Waals surface area contributed by atoms with Gasteiger partial charge in [0, 0.05) is 20.5 Å². The molecule has 0 heterocycles. The van der Waals surface area contributed by atoms with E-state index in [1.165, 1.54) is 0 Å². The Labute approximate surface area is 91.4 Å². The molecule has 0 aliphatic carbocycles. The maximum Gasteiger partial charge on any atom is 0.119 e. The van der Waals surface area contributed by atoms with Gasteiger partial charge in [-0.3, -0.25) is 0 Å². The Hall–Kier alpha value is -1.51. The Bertz CT molecular complexity index is 328. The van der Waals surface area contributed by atoms with Gasteiger partial charge in [-0.1, -0.05) is 6.92 Å². The van der Waals surface area contributed by atoms with Crippen molar-refractivity contribution >= 4 is 11.5 Å². The molecular weight excluding hydrogens is 188 g/mol. The number of benzene rings is 1. The van der Waals surface area contributed by atoms with E-state index in [2.05, 4.69) is 11.9 Å². The van der Waals surface area contributed by atoms with Gasteiger partial charge in [0.25, 0.3) is 0 Å². The summed E-state index contributed by atoms with van der Waals surface area (Å²) < 4.78 is 5.09. The summed E-state index contributed by atoms with van der Waals surface area (Å²) >= 11 is 0. The van der Waals surface area contributed by atoms with E-state index in [9.17, 15) is 0 Å². The second-order valence-corrected chi connectivity index (χ2v) is 3.47. The lowest BCUT2D eigenvalue weighted by molar-refractivity contribution is 0.415. The highest BCUT2D eigenvalue weighted by atomic mass is 16.5. The van der Waals surface area contributed by atoms with Gasteiger partial charge in [-0.15, -0.1) is 0 Å². The summed E-state index contributed by atoms with van der Waals surface area (Å²) in [7, 11) is 5.67. The molecular formula is C12H18N2O. The first-order chi connectivity index (χ1) is 7.17. The van der Waals surface area contributed by atoms with Crippen LogP contribution in [-0.2, 0) is 0 Å². The van der Waals surface area contributed by atoms with E-state index in [4.69, 9.17) is 4.74 Å². The van der Waals surface area contributed by atoms with Crippen molar-refractivity contribution in [1.29, 1.82) is 0 Å². The lowest BCUT2D eigenvalue weighted by atomic mass is 10.3.